The fourth-order valence-corrected chi connectivity index (χ4v) is 14.2. The lowest BCUT2D eigenvalue weighted by Gasteiger charge is -2.56. The first-order chi connectivity index (χ1) is 34.7. The van der Waals surface area contributed by atoms with Crippen molar-refractivity contribution < 1.29 is 37.5 Å². The molecule has 5 fully saturated rings. The lowest BCUT2D eigenvalue weighted by molar-refractivity contribution is -0.384. The number of aryl methyl sites for hydroxylation is 1. The Kier molecular flexibility index (Phi) is 11.9. The van der Waals surface area contributed by atoms with Crippen LogP contribution in [0.5, 0.6) is 11.6 Å². The number of H-pyrrole nitrogens is 1. The van der Waals surface area contributed by atoms with Crippen LogP contribution in [0.2, 0.25) is 0 Å². The second kappa shape index (κ2) is 18.2. The van der Waals surface area contributed by atoms with Gasteiger partial charge in [0.25, 0.3) is 21.6 Å². The first-order valence-corrected chi connectivity index (χ1v) is 27.5. The third kappa shape index (κ3) is 8.60. The van der Waals surface area contributed by atoms with Crippen molar-refractivity contribution in [3.63, 3.8) is 0 Å². The van der Waals surface area contributed by atoms with E-state index in [1.807, 2.05) is 42.3 Å². The number of anilines is 4. The standard InChI is InChI=1S/C54H64N8O9S/c1-3-33-7-4-5-8-40(33)43-9-6-20-60(43)38-27-54(28-38)17-21-59(22-18-54)37-10-11-41(44(24-37)61-29-36-30-69-32-48(36)71-52-46(61)23-35-14-19-55-50(35)57-52)51(63)58-72(67,68)39-25-45(62(65)66)49-47(26-39)70-31-42(56-49)34-12-15-53(2,64)16-13-34/h4-5,7-8,10-11,14,19,23-26,34,36,38,42-43,48,56,64H,3,6,9,12-13,15-18,20-22,27-32H2,1-2H3,(H,55,57)(H,58,63)/t34?,36-,42+,43-,48+,53?/m0/s1. The van der Waals surface area contributed by atoms with Crippen LogP contribution in [0, 0.1) is 27.4 Å². The molecule has 2 saturated carbocycles. The topological polar surface area (TPSA) is 205 Å². The Morgan fingerprint density at radius 2 is 1.76 bits per heavy atom. The molecule has 5 aliphatic heterocycles. The minimum atomic E-state index is -4.70. The number of hydrogen-bond acceptors (Lipinski definition) is 14. The van der Waals surface area contributed by atoms with Crippen molar-refractivity contribution in [3.8, 4) is 11.6 Å². The fourth-order valence-electron chi connectivity index (χ4n) is 13.2. The summed E-state index contributed by atoms with van der Waals surface area (Å²) in [6.45, 7) is 8.27. The van der Waals surface area contributed by atoms with E-state index in [1.165, 1.54) is 42.9 Å². The molecule has 4 N–H and O–H groups in total. The van der Waals surface area contributed by atoms with Crippen molar-refractivity contribution >= 4 is 55.4 Å². The molecule has 18 heteroatoms. The lowest BCUT2D eigenvalue weighted by atomic mass is 9.59. The molecule has 5 aromatic rings. The number of aromatic amines is 1. The lowest BCUT2D eigenvalue weighted by Crippen LogP contribution is -2.55. The van der Waals surface area contributed by atoms with Gasteiger partial charge in [0.1, 0.15) is 24.0 Å². The molecule has 0 unspecified atom stereocenters. The summed E-state index contributed by atoms with van der Waals surface area (Å²) in [5.74, 6) is -0.503. The Morgan fingerprint density at radius 3 is 2.56 bits per heavy atom. The van der Waals surface area contributed by atoms with Crippen molar-refractivity contribution in [3.05, 3.63) is 99.7 Å². The van der Waals surface area contributed by atoms with E-state index < -0.39 is 37.0 Å². The number of carbonyl (C=O) groups is 1. The van der Waals surface area contributed by atoms with E-state index in [9.17, 15) is 28.4 Å². The van der Waals surface area contributed by atoms with Crippen molar-refractivity contribution in [2.45, 2.75) is 119 Å². The van der Waals surface area contributed by atoms with Crippen LogP contribution in [0.4, 0.5) is 28.4 Å². The second-order valence-corrected chi connectivity index (χ2v) is 23.6. The van der Waals surface area contributed by atoms with E-state index in [0.29, 0.717) is 80.4 Å². The average Bonchev–Trinajstić information content (AvgIpc) is 4.14. The van der Waals surface area contributed by atoms with Gasteiger partial charge in [-0.3, -0.25) is 19.8 Å². The molecule has 3 aromatic carbocycles. The third-order valence-corrected chi connectivity index (χ3v) is 18.7. The average molecular weight is 1000 g/mol. The number of nitrogens with zero attached hydrogens (tertiary/aromatic N) is 5. The number of aliphatic hydroxyl groups is 1. The maximum absolute atomic E-state index is 14.8. The zero-order valence-electron chi connectivity index (χ0n) is 41.0. The van der Waals surface area contributed by atoms with Gasteiger partial charge < -0.3 is 39.4 Å². The highest BCUT2D eigenvalue weighted by molar-refractivity contribution is 7.90. The summed E-state index contributed by atoms with van der Waals surface area (Å²) in [4.78, 5) is 41.5. The smallest absolute Gasteiger partial charge is 0.297 e. The maximum atomic E-state index is 14.8. The van der Waals surface area contributed by atoms with E-state index in [1.54, 1.807) is 6.07 Å². The van der Waals surface area contributed by atoms with Crippen LogP contribution in [0.25, 0.3) is 11.0 Å². The number of ether oxygens (including phenoxy) is 3. The van der Waals surface area contributed by atoms with Crippen molar-refractivity contribution in [1.82, 2.24) is 19.6 Å². The third-order valence-electron chi connectivity index (χ3n) is 17.4. The first-order valence-electron chi connectivity index (χ1n) is 26.0. The van der Waals surface area contributed by atoms with Gasteiger partial charge in [0.2, 0.25) is 5.88 Å². The molecule has 2 aliphatic carbocycles. The molecule has 1 spiro atoms. The number of aromatic nitrogens is 2. The number of hydrogen-bond donors (Lipinski definition) is 4. The molecule has 3 saturated heterocycles. The Balaban J connectivity index is 0.829. The summed E-state index contributed by atoms with van der Waals surface area (Å²) >= 11 is 0. The number of fused-ring (bicyclic) bond motifs is 4. The van der Waals surface area contributed by atoms with Crippen molar-refractivity contribution in [1.29, 1.82) is 0 Å². The summed E-state index contributed by atoms with van der Waals surface area (Å²) in [7, 11) is -4.70. The van der Waals surface area contributed by atoms with Gasteiger partial charge in [-0.05, 0) is 137 Å². The number of piperidine rings is 1. The zero-order chi connectivity index (χ0) is 49.5. The largest absolute Gasteiger partial charge is 0.489 e. The number of pyridine rings is 1. The molecule has 1 amide bonds. The normalized spacial score (nSPS) is 27.2. The highest BCUT2D eigenvalue weighted by Crippen LogP contribution is 2.55. The van der Waals surface area contributed by atoms with E-state index >= 15 is 0 Å². The number of carbonyl (C=O) groups excluding carboxylic acids is 1. The van der Waals surface area contributed by atoms with E-state index in [0.717, 1.165) is 56.0 Å². The molecule has 12 rings (SSSR count). The van der Waals surface area contributed by atoms with Gasteiger partial charge in [-0.1, -0.05) is 31.2 Å². The van der Waals surface area contributed by atoms with Gasteiger partial charge in [0.05, 0.1) is 45.9 Å². The Hall–Kier alpha value is -5.95. The first kappa shape index (κ1) is 47.1. The molecule has 380 valence electrons. The van der Waals surface area contributed by atoms with Gasteiger partial charge in [-0.2, -0.15) is 4.98 Å². The van der Waals surface area contributed by atoms with Crippen LogP contribution >= 0.6 is 0 Å². The number of sulfonamides is 1. The molecule has 2 aromatic heterocycles. The van der Waals surface area contributed by atoms with Crippen LogP contribution in [-0.2, 0) is 21.2 Å². The highest BCUT2D eigenvalue weighted by atomic mass is 32.2. The molecule has 17 nitrogen and oxygen atoms in total. The molecule has 4 atom stereocenters. The minimum absolute atomic E-state index is 0.0120. The zero-order valence-corrected chi connectivity index (χ0v) is 41.8. The molecular formula is C54H64N8O9S. The van der Waals surface area contributed by atoms with Gasteiger partial charge >= 0.3 is 0 Å². The summed E-state index contributed by atoms with van der Waals surface area (Å²) < 4.78 is 49.6. The SMILES string of the molecule is CCc1ccccc1[C@@H]1CCCN1C1CC2(CCN(c3ccc(C(=O)NS(=O)(=O)c4cc5c(c([N+](=O)[O-])c4)N[C@@H](C4CCC(C)(O)CC4)CO5)c(N4C[C@H]5COC[C@H]5Oc5nc6[nH]ccc6cc54)c3)CC2)C1. The number of likely N-dealkylation sites (tertiary alicyclic amines) is 1. The molecule has 7 heterocycles. The minimum Gasteiger partial charge on any atom is -0.489 e. The van der Waals surface area contributed by atoms with Crippen LogP contribution in [0.15, 0.2) is 77.8 Å². The second-order valence-electron chi connectivity index (χ2n) is 21.9. The number of nitrogens with one attached hydrogen (secondary N) is 3. The maximum Gasteiger partial charge on any atom is 0.297 e. The number of benzene rings is 3. The van der Waals surface area contributed by atoms with E-state index in [2.05, 4.69) is 56.0 Å². The predicted octanol–water partition coefficient (Wildman–Crippen LogP) is 8.40. The quantitative estimate of drug-likeness (QED) is 0.0767. The Labute approximate surface area is 419 Å². The van der Waals surface area contributed by atoms with Crippen LogP contribution in [-0.4, -0.2) is 109 Å². The predicted molar refractivity (Wildman–Crippen MR) is 273 cm³/mol. The van der Waals surface area contributed by atoms with Gasteiger partial charge in [0.15, 0.2) is 11.4 Å². The molecular weight excluding hydrogens is 937 g/mol. The van der Waals surface area contributed by atoms with Gasteiger partial charge in [-0.25, -0.2) is 13.1 Å². The molecule has 72 heavy (non-hydrogen) atoms. The van der Waals surface area contributed by atoms with E-state index in [-0.39, 0.29) is 53.0 Å². The number of amides is 1. The summed E-state index contributed by atoms with van der Waals surface area (Å²) in [5.41, 5.74) is 4.87. The van der Waals surface area contributed by atoms with Gasteiger partial charge in [-0.15, -0.1) is 0 Å². The fraction of sp³-hybridized carbons (Fsp3) is 0.519. The monoisotopic (exact) mass is 1000 g/mol. The Morgan fingerprint density at radius 1 is 0.958 bits per heavy atom. The van der Waals surface area contributed by atoms with Crippen LogP contribution in [0.1, 0.15) is 106 Å². The van der Waals surface area contributed by atoms with Crippen molar-refractivity contribution in [2.24, 2.45) is 17.3 Å². The van der Waals surface area contributed by atoms with Crippen LogP contribution in [0.3, 0.4) is 0 Å². The number of nitro benzene ring substituents is 1. The summed E-state index contributed by atoms with van der Waals surface area (Å²) in [5, 5.41) is 27.2. The molecule has 7 aliphatic rings. The summed E-state index contributed by atoms with van der Waals surface area (Å²) in [6, 6.07) is 21.4. The molecule has 0 bridgehead atoms. The van der Waals surface area contributed by atoms with Crippen molar-refractivity contribution in [2.75, 3.05) is 61.1 Å². The Bertz CT molecular complexity index is 3030. The van der Waals surface area contributed by atoms with Crippen LogP contribution < -0.4 is 29.3 Å². The summed E-state index contributed by atoms with van der Waals surface area (Å²) in [6.07, 6.45) is 12.1. The number of rotatable bonds is 10. The molecule has 0 radical (unpaired) electrons. The number of nitro groups is 1. The highest BCUT2D eigenvalue weighted by Gasteiger charge is 2.50. The van der Waals surface area contributed by atoms with Gasteiger partial charge in [0, 0.05) is 67.0 Å². The van der Waals surface area contributed by atoms with E-state index in [4.69, 9.17) is 19.2 Å².